The first-order chi connectivity index (χ1) is 14.7. The normalized spacial score (nSPS) is 16.0. The molecule has 0 radical (unpaired) electrons. The Hall–Kier alpha value is -2.98. The van der Waals surface area contributed by atoms with Gasteiger partial charge in [-0.15, -0.1) is 0 Å². The van der Waals surface area contributed by atoms with Crippen molar-refractivity contribution in [2.45, 2.75) is 32.5 Å². The smallest absolute Gasteiger partial charge is 0.161 e. The molecule has 0 N–H and O–H groups in total. The second-order valence-corrected chi connectivity index (χ2v) is 7.72. The average molecular weight is 404 g/mol. The van der Waals surface area contributed by atoms with E-state index >= 15 is 0 Å². The van der Waals surface area contributed by atoms with Crippen molar-refractivity contribution in [3.63, 3.8) is 0 Å². The first-order valence-electron chi connectivity index (χ1n) is 10.4. The molecule has 1 heterocycles. The fraction of sp³-hybridized carbons (Fsp3) is 0.308. The molecule has 0 fully saturated rings. The van der Waals surface area contributed by atoms with Crippen molar-refractivity contribution in [3.8, 4) is 17.2 Å². The average Bonchev–Trinajstić information content (AvgIpc) is 2.80. The van der Waals surface area contributed by atoms with Crippen LogP contribution in [0.15, 0.2) is 66.7 Å². The zero-order chi connectivity index (χ0) is 20.9. The number of hydrogen-bond acceptors (Lipinski definition) is 4. The Kier molecular flexibility index (Phi) is 6.24. The second kappa shape index (κ2) is 9.23. The fourth-order valence-corrected chi connectivity index (χ4v) is 4.11. The number of methoxy groups -OCH3 is 2. The Morgan fingerprint density at radius 2 is 1.67 bits per heavy atom. The van der Waals surface area contributed by atoms with Crippen molar-refractivity contribution >= 4 is 0 Å². The summed E-state index contributed by atoms with van der Waals surface area (Å²) in [5.41, 5.74) is 5.07. The van der Waals surface area contributed by atoms with Crippen LogP contribution in [-0.2, 0) is 19.6 Å². The van der Waals surface area contributed by atoms with Crippen LogP contribution in [0.3, 0.4) is 0 Å². The molecule has 3 aromatic carbocycles. The third kappa shape index (κ3) is 4.44. The van der Waals surface area contributed by atoms with Gasteiger partial charge >= 0.3 is 0 Å². The molecule has 156 valence electrons. The SMILES string of the molecule is COc1cccc(CN2CCc3cc(OCc4ccccc4)c(OC)cc3C2C)c1. The quantitative estimate of drug-likeness (QED) is 0.528. The molecule has 1 unspecified atom stereocenters. The molecular weight excluding hydrogens is 374 g/mol. The van der Waals surface area contributed by atoms with Crippen molar-refractivity contribution in [2.24, 2.45) is 0 Å². The summed E-state index contributed by atoms with van der Waals surface area (Å²) >= 11 is 0. The van der Waals surface area contributed by atoms with Gasteiger partial charge in [0.15, 0.2) is 11.5 Å². The van der Waals surface area contributed by atoms with Gasteiger partial charge in [-0.2, -0.15) is 0 Å². The Morgan fingerprint density at radius 1 is 0.867 bits per heavy atom. The highest BCUT2D eigenvalue weighted by atomic mass is 16.5. The number of hydrogen-bond donors (Lipinski definition) is 0. The number of rotatable bonds is 7. The summed E-state index contributed by atoms with van der Waals surface area (Å²) < 4.78 is 17.2. The van der Waals surface area contributed by atoms with Gasteiger partial charge in [-0.05, 0) is 59.9 Å². The van der Waals surface area contributed by atoms with E-state index in [9.17, 15) is 0 Å². The highest BCUT2D eigenvalue weighted by Gasteiger charge is 2.26. The molecule has 1 aliphatic heterocycles. The van der Waals surface area contributed by atoms with Crippen LogP contribution in [0.5, 0.6) is 17.2 Å². The van der Waals surface area contributed by atoms with Gasteiger partial charge in [-0.1, -0.05) is 42.5 Å². The summed E-state index contributed by atoms with van der Waals surface area (Å²) in [4.78, 5) is 2.50. The van der Waals surface area contributed by atoms with E-state index in [1.807, 2.05) is 24.3 Å². The standard InChI is InChI=1S/C26H29NO3/c1-19-24-16-25(29-3)26(30-18-20-8-5-4-6-9-20)15-22(24)12-13-27(19)17-21-10-7-11-23(14-21)28-2/h4-11,14-16,19H,12-13,17-18H2,1-3H3. The van der Waals surface area contributed by atoms with E-state index in [-0.39, 0.29) is 0 Å². The lowest BCUT2D eigenvalue weighted by atomic mass is 9.92. The van der Waals surface area contributed by atoms with Crippen LogP contribution in [-0.4, -0.2) is 25.7 Å². The number of nitrogens with zero attached hydrogens (tertiary/aromatic N) is 1. The minimum absolute atomic E-state index is 0.303. The minimum atomic E-state index is 0.303. The predicted octanol–water partition coefficient (Wildman–Crippen LogP) is 5.40. The zero-order valence-electron chi connectivity index (χ0n) is 17.9. The molecule has 0 bridgehead atoms. The lowest BCUT2D eigenvalue weighted by Crippen LogP contribution is -2.33. The van der Waals surface area contributed by atoms with E-state index in [1.165, 1.54) is 16.7 Å². The second-order valence-electron chi connectivity index (χ2n) is 7.72. The molecule has 4 rings (SSSR count). The first-order valence-corrected chi connectivity index (χ1v) is 10.4. The Bertz CT molecular complexity index is 987. The van der Waals surface area contributed by atoms with Crippen LogP contribution < -0.4 is 14.2 Å². The maximum atomic E-state index is 6.11. The summed E-state index contributed by atoms with van der Waals surface area (Å²) in [6.45, 7) is 4.71. The van der Waals surface area contributed by atoms with Gasteiger partial charge in [-0.25, -0.2) is 0 Å². The molecule has 4 heteroatoms. The molecule has 0 saturated carbocycles. The van der Waals surface area contributed by atoms with Gasteiger partial charge in [0.2, 0.25) is 0 Å². The number of fused-ring (bicyclic) bond motifs is 1. The summed E-state index contributed by atoms with van der Waals surface area (Å²) in [5.74, 6) is 2.51. The Balaban J connectivity index is 1.52. The summed E-state index contributed by atoms with van der Waals surface area (Å²) in [5, 5.41) is 0. The van der Waals surface area contributed by atoms with Crippen molar-refractivity contribution in [3.05, 3.63) is 89.0 Å². The van der Waals surface area contributed by atoms with Crippen molar-refractivity contribution in [1.82, 2.24) is 4.90 Å². The lowest BCUT2D eigenvalue weighted by Gasteiger charge is -2.36. The van der Waals surface area contributed by atoms with Gasteiger partial charge in [0.25, 0.3) is 0 Å². The predicted molar refractivity (Wildman–Crippen MR) is 119 cm³/mol. The van der Waals surface area contributed by atoms with Crippen molar-refractivity contribution < 1.29 is 14.2 Å². The molecule has 30 heavy (non-hydrogen) atoms. The molecular formula is C26H29NO3. The van der Waals surface area contributed by atoms with E-state index in [0.29, 0.717) is 12.6 Å². The topological polar surface area (TPSA) is 30.9 Å². The van der Waals surface area contributed by atoms with Crippen molar-refractivity contribution in [2.75, 3.05) is 20.8 Å². The maximum Gasteiger partial charge on any atom is 0.161 e. The van der Waals surface area contributed by atoms with E-state index in [0.717, 1.165) is 42.3 Å². The lowest BCUT2D eigenvalue weighted by molar-refractivity contribution is 0.188. The Labute approximate surface area is 179 Å². The molecule has 4 nitrogen and oxygen atoms in total. The van der Waals surface area contributed by atoms with Gasteiger partial charge in [0.1, 0.15) is 12.4 Å². The molecule has 1 atom stereocenters. The zero-order valence-corrected chi connectivity index (χ0v) is 17.9. The molecule has 0 spiro atoms. The van der Waals surface area contributed by atoms with Crippen LogP contribution in [0.2, 0.25) is 0 Å². The minimum Gasteiger partial charge on any atom is -0.497 e. The molecule has 0 saturated heterocycles. The first kappa shape index (κ1) is 20.3. The fourth-order valence-electron chi connectivity index (χ4n) is 4.11. The summed E-state index contributed by atoms with van der Waals surface area (Å²) in [6, 6.07) is 23.1. The monoisotopic (exact) mass is 403 g/mol. The van der Waals surface area contributed by atoms with Crippen LogP contribution in [0.4, 0.5) is 0 Å². The van der Waals surface area contributed by atoms with Crippen LogP contribution >= 0.6 is 0 Å². The third-order valence-corrected chi connectivity index (χ3v) is 5.85. The largest absolute Gasteiger partial charge is 0.497 e. The van der Waals surface area contributed by atoms with Crippen LogP contribution in [0.25, 0.3) is 0 Å². The van der Waals surface area contributed by atoms with Crippen molar-refractivity contribution in [1.29, 1.82) is 0 Å². The third-order valence-electron chi connectivity index (χ3n) is 5.85. The van der Waals surface area contributed by atoms with E-state index in [2.05, 4.69) is 54.3 Å². The number of ether oxygens (including phenoxy) is 3. The highest BCUT2D eigenvalue weighted by Crippen LogP contribution is 2.39. The molecule has 3 aromatic rings. The molecule has 0 aliphatic carbocycles. The van der Waals surface area contributed by atoms with Gasteiger partial charge < -0.3 is 14.2 Å². The van der Waals surface area contributed by atoms with Crippen LogP contribution in [0, 0.1) is 0 Å². The molecule has 1 aliphatic rings. The Morgan fingerprint density at radius 3 is 2.43 bits per heavy atom. The van der Waals surface area contributed by atoms with E-state index in [4.69, 9.17) is 14.2 Å². The number of benzene rings is 3. The summed E-state index contributed by atoms with van der Waals surface area (Å²) in [6.07, 6.45) is 0.995. The van der Waals surface area contributed by atoms with Gasteiger partial charge in [0, 0.05) is 19.1 Å². The van der Waals surface area contributed by atoms with Gasteiger partial charge in [0.05, 0.1) is 14.2 Å². The highest BCUT2D eigenvalue weighted by molar-refractivity contribution is 5.49. The van der Waals surface area contributed by atoms with E-state index < -0.39 is 0 Å². The summed E-state index contributed by atoms with van der Waals surface area (Å²) in [7, 11) is 3.42. The van der Waals surface area contributed by atoms with E-state index in [1.54, 1.807) is 14.2 Å². The van der Waals surface area contributed by atoms with Gasteiger partial charge in [-0.3, -0.25) is 4.90 Å². The maximum absolute atomic E-state index is 6.11. The molecule has 0 amide bonds. The van der Waals surface area contributed by atoms with Crippen LogP contribution in [0.1, 0.15) is 35.2 Å². The molecule has 0 aromatic heterocycles.